The maximum atomic E-state index is 14.8. The lowest BCUT2D eigenvalue weighted by molar-refractivity contribution is 0.621. The highest BCUT2D eigenvalue weighted by molar-refractivity contribution is 5.88. The summed E-state index contributed by atoms with van der Waals surface area (Å²) in [6, 6.07) is 3.57. The van der Waals surface area contributed by atoms with Crippen LogP contribution in [0.5, 0.6) is 0 Å². The predicted octanol–water partition coefficient (Wildman–Crippen LogP) is 2.20. The van der Waals surface area contributed by atoms with Crippen LogP contribution in [-0.2, 0) is 6.54 Å². The van der Waals surface area contributed by atoms with Crippen LogP contribution in [0, 0.1) is 12.7 Å². The van der Waals surface area contributed by atoms with Gasteiger partial charge in [-0.25, -0.2) is 4.39 Å². The molecule has 1 aromatic heterocycles. The molecule has 4 rings (SSSR count). The number of benzene rings is 1. The molecule has 1 aromatic carbocycles. The molecule has 2 heterocycles. The van der Waals surface area contributed by atoms with Crippen molar-refractivity contribution in [2.24, 2.45) is 11.5 Å². The Labute approximate surface area is 152 Å². The third-order valence-electron chi connectivity index (χ3n) is 5.23. The lowest BCUT2D eigenvalue weighted by Gasteiger charge is -2.24. The summed E-state index contributed by atoms with van der Waals surface area (Å²) in [7, 11) is 0. The summed E-state index contributed by atoms with van der Waals surface area (Å²) in [4.78, 5) is 14.8. The lowest BCUT2D eigenvalue weighted by atomic mass is 10.0. The Morgan fingerprint density at radius 1 is 1.28 bits per heavy atom. The standard InChI is InChI=1S/C18H23FN4O.ClH/c1-10-16-11(6-12(8-20)18(24)23(16)14-2-3-14)7-15(19)17(10)22-5-4-13(21)9-22;/h6-7,13-14H,2-5,8-9,20-21H2,1H3;1H/t13-;/m0./s1. The molecule has 1 aliphatic heterocycles. The van der Waals surface area contributed by atoms with Crippen LogP contribution in [0.3, 0.4) is 0 Å². The molecular weight excluding hydrogens is 343 g/mol. The topological polar surface area (TPSA) is 77.3 Å². The molecule has 0 unspecified atom stereocenters. The highest BCUT2D eigenvalue weighted by atomic mass is 35.5. The normalized spacial score (nSPS) is 20.2. The summed E-state index contributed by atoms with van der Waals surface area (Å²) in [5.74, 6) is -0.252. The van der Waals surface area contributed by atoms with Gasteiger partial charge in [0.25, 0.3) is 5.56 Å². The second-order valence-electron chi connectivity index (χ2n) is 7.04. The molecule has 7 heteroatoms. The Bertz CT molecular complexity index is 878. The average molecular weight is 367 g/mol. The monoisotopic (exact) mass is 366 g/mol. The first-order valence-corrected chi connectivity index (χ1v) is 8.59. The van der Waals surface area contributed by atoms with Gasteiger partial charge in [-0.1, -0.05) is 0 Å². The molecule has 0 spiro atoms. The Morgan fingerprint density at radius 3 is 2.56 bits per heavy atom. The van der Waals surface area contributed by atoms with E-state index < -0.39 is 0 Å². The fraction of sp³-hybridized carbons (Fsp3) is 0.500. The van der Waals surface area contributed by atoms with Crippen LogP contribution in [-0.4, -0.2) is 23.7 Å². The molecule has 1 atom stereocenters. The first-order chi connectivity index (χ1) is 11.5. The average Bonchev–Trinajstić information content (AvgIpc) is 3.29. The molecule has 2 aromatic rings. The van der Waals surface area contributed by atoms with Crippen molar-refractivity contribution >= 4 is 29.0 Å². The van der Waals surface area contributed by atoms with Crippen molar-refractivity contribution < 1.29 is 4.39 Å². The molecule has 0 bridgehead atoms. The minimum atomic E-state index is -0.252. The highest BCUT2D eigenvalue weighted by Gasteiger charge is 2.30. The van der Waals surface area contributed by atoms with Gasteiger partial charge in [-0.15, -0.1) is 12.4 Å². The summed E-state index contributed by atoms with van der Waals surface area (Å²) >= 11 is 0. The molecular formula is C18H24ClFN4O. The molecule has 5 nitrogen and oxygen atoms in total. The van der Waals surface area contributed by atoms with Gasteiger partial charge in [-0.2, -0.15) is 0 Å². The molecule has 0 radical (unpaired) electrons. The number of aromatic nitrogens is 1. The van der Waals surface area contributed by atoms with E-state index in [4.69, 9.17) is 11.5 Å². The predicted molar refractivity (Wildman–Crippen MR) is 101 cm³/mol. The fourth-order valence-corrected chi connectivity index (χ4v) is 3.92. The van der Waals surface area contributed by atoms with Crippen molar-refractivity contribution in [3.63, 3.8) is 0 Å². The highest BCUT2D eigenvalue weighted by Crippen LogP contribution is 2.39. The smallest absolute Gasteiger partial charge is 0.255 e. The second kappa shape index (κ2) is 6.59. The largest absolute Gasteiger partial charge is 0.367 e. The number of nitrogens with zero attached hydrogens (tertiary/aromatic N) is 2. The molecule has 0 amide bonds. The molecule has 25 heavy (non-hydrogen) atoms. The van der Waals surface area contributed by atoms with E-state index in [0.717, 1.165) is 42.3 Å². The minimum Gasteiger partial charge on any atom is -0.367 e. The van der Waals surface area contributed by atoms with E-state index >= 15 is 0 Å². The third kappa shape index (κ3) is 2.92. The first kappa shape index (κ1) is 18.2. The summed E-state index contributed by atoms with van der Waals surface area (Å²) < 4.78 is 16.7. The number of anilines is 1. The number of hydrogen-bond acceptors (Lipinski definition) is 4. The summed E-state index contributed by atoms with van der Waals surface area (Å²) in [6.45, 7) is 3.48. The van der Waals surface area contributed by atoms with Gasteiger partial charge < -0.3 is 20.9 Å². The summed E-state index contributed by atoms with van der Waals surface area (Å²) in [5, 5.41) is 0.754. The van der Waals surface area contributed by atoms with E-state index in [1.54, 1.807) is 12.1 Å². The van der Waals surface area contributed by atoms with Crippen LogP contribution >= 0.6 is 12.4 Å². The van der Waals surface area contributed by atoms with Crippen LogP contribution in [0.15, 0.2) is 16.9 Å². The number of pyridine rings is 1. The number of fused-ring (bicyclic) bond motifs is 1. The van der Waals surface area contributed by atoms with Crippen LogP contribution in [0.25, 0.3) is 10.9 Å². The zero-order chi connectivity index (χ0) is 17.0. The van der Waals surface area contributed by atoms with Gasteiger partial charge >= 0.3 is 0 Å². The van der Waals surface area contributed by atoms with Gasteiger partial charge in [0.1, 0.15) is 5.82 Å². The van der Waals surface area contributed by atoms with Crippen molar-refractivity contribution in [1.29, 1.82) is 0 Å². The first-order valence-electron chi connectivity index (χ1n) is 8.59. The van der Waals surface area contributed by atoms with Gasteiger partial charge in [0.05, 0.1) is 11.2 Å². The maximum Gasteiger partial charge on any atom is 0.255 e. The number of hydrogen-bond donors (Lipinski definition) is 2. The van der Waals surface area contributed by atoms with E-state index in [1.165, 1.54) is 0 Å². The number of halogens is 2. The Kier molecular flexibility index (Phi) is 4.79. The maximum absolute atomic E-state index is 14.8. The fourth-order valence-electron chi connectivity index (χ4n) is 3.92. The van der Waals surface area contributed by atoms with E-state index in [1.807, 2.05) is 16.4 Å². The molecule has 2 aliphatic rings. The van der Waals surface area contributed by atoms with Crippen LogP contribution in [0.1, 0.15) is 36.4 Å². The van der Waals surface area contributed by atoms with E-state index in [9.17, 15) is 9.18 Å². The van der Waals surface area contributed by atoms with Crippen molar-refractivity contribution in [3.05, 3.63) is 39.4 Å². The minimum absolute atomic E-state index is 0. The van der Waals surface area contributed by atoms with Gasteiger partial charge in [0.15, 0.2) is 0 Å². The number of rotatable bonds is 3. The molecule has 2 fully saturated rings. The molecule has 1 saturated carbocycles. The van der Waals surface area contributed by atoms with Crippen LogP contribution < -0.4 is 21.9 Å². The lowest BCUT2D eigenvalue weighted by Crippen LogP contribution is -2.29. The van der Waals surface area contributed by atoms with E-state index in [0.29, 0.717) is 17.8 Å². The summed E-state index contributed by atoms with van der Waals surface area (Å²) in [6.07, 6.45) is 2.84. The van der Waals surface area contributed by atoms with Crippen molar-refractivity contribution in [3.8, 4) is 0 Å². The number of nitrogens with two attached hydrogens (primary N) is 2. The molecule has 1 aliphatic carbocycles. The van der Waals surface area contributed by atoms with Crippen molar-refractivity contribution in [1.82, 2.24) is 4.57 Å². The zero-order valence-corrected chi connectivity index (χ0v) is 15.1. The van der Waals surface area contributed by atoms with Crippen molar-refractivity contribution in [2.45, 2.75) is 44.8 Å². The molecule has 4 N–H and O–H groups in total. The zero-order valence-electron chi connectivity index (χ0n) is 14.3. The van der Waals surface area contributed by atoms with E-state index in [-0.39, 0.29) is 42.4 Å². The SMILES string of the molecule is Cc1c(N2CC[C@H](N)C2)c(F)cc2cc(CN)c(=O)n(C3CC3)c12.Cl. The molecule has 136 valence electrons. The van der Waals surface area contributed by atoms with E-state index in [2.05, 4.69) is 0 Å². The van der Waals surface area contributed by atoms with Crippen molar-refractivity contribution in [2.75, 3.05) is 18.0 Å². The van der Waals surface area contributed by atoms with Crippen LogP contribution in [0.2, 0.25) is 0 Å². The quantitative estimate of drug-likeness (QED) is 0.873. The van der Waals surface area contributed by atoms with Crippen LogP contribution in [0.4, 0.5) is 10.1 Å². The Hall–Kier alpha value is -1.63. The summed E-state index contributed by atoms with van der Waals surface area (Å²) in [5.41, 5.74) is 14.5. The second-order valence-corrected chi connectivity index (χ2v) is 7.04. The Morgan fingerprint density at radius 2 is 2.00 bits per heavy atom. The Balaban J connectivity index is 0.00000182. The van der Waals surface area contributed by atoms with Gasteiger partial charge in [-0.05, 0) is 43.9 Å². The third-order valence-corrected chi connectivity index (χ3v) is 5.23. The van der Waals surface area contributed by atoms with Gasteiger partial charge in [0.2, 0.25) is 0 Å². The number of aryl methyl sites for hydroxylation is 1. The molecule has 1 saturated heterocycles. The van der Waals surface area contributed by atoms with Gasteiger partial charge in [0, 0.05) is 42.7 Å². The van der Waals surface area contributed by atoms with Gasteiger partial charge in [-0.3, -0.25) is 4.79 Å².